The van der Waals surface area contributed by atoms with Gasteiger partial charge in [-0.25, -0.2) is 0 Å². The second kappa shape index (κ2) is 5.44. The molecule has 0 aliphatic rings. The summed E-state index contributed by atoms with van der Waals surface area (Å²) >= 11 is 0. The minimum absolute atomic E-state index is 0.156. The molecule has 1 amide bonds. The highest BCUT2D eigenvalue weighted by Gasteiger charge is 2.37. The molecule has 1 aromatic heterocycles. The van der Waals surface area contributed by atoms with Crippen molar-refractivity contribution in [3.63, 3.8) is 0 Å². The molecule has 17 heavy (non-hydrogen) atoms. The van der Waals surface area contributed by atoms with Crippen molar-refractivity contribution in [3.05, 3.63) is 24.5 Å². The number of carbonyl (C=O) groups excluding carboxylic acids is 1. The van der Waals surface area contributed by atoms with E-state index >= 15 is 0 Å². The smallest absolute Gasteiger partial charge is 0.247 e. The van der Waals surface area contributed by atoms with Crippen molar-refractivity contribution >= 4 is 11.6 Å². The molecule has 0 fully saturated rings. The molecule has 1 rings (SSSR count). The molecular formula is C13H17N3O. The fraction of sp³-hybridized carbons (Fsp3) is 0.462. The molecule has 0 atom stereocenters. The molecule has 0 radical (unpaired) electrons. The third kappa shape index (κ3) is 2.44. The first-order valence-corrected chi connectivity index (χ1v) is 5.70. The Bertz CT molecular complexity index is 418. The predicted molar refractivity (Wildman–Crippen MR) is 66.3 cm³/mol. The molecule has 1 aromatic rings. The van der Waals surface area contributed by atoms with Crippen LogP contribution in [0, 0.1) is 16.7 Å². The van der Waals surface area contributed by atoms with Gasteiger partial charge < -0.3 is 4.90 Å². The number of rotatable bonds is 4. The summed E-state index contributed by atoms with van der Waals surface area (Å²) in [4.78, 5) is 17.8. The van der Waals surface area contributed by atoms with Gasteiger partial charge in [0.05, 0.1) is 6.07 Å². The molecule has 0 saturated heterocycles. The van der Waals surface area contributed by atoms with Gasteiger partial charge in [0.2, 0.25) is 5.91 Å². The first-order valence-electron chi connectivity index (χ1n) is 5.70. The van der Waals surface area contributed by atoms with Gasteiger partial charge in [-0.05, 0) is 25.0 Å². The summed E-state index contributed by atoms with van der Waals surface area (Å²) in [5.41, 5.74) is -0.163. The molecule has 90 valence electrons. The van der Waals surface area contributed by atoms with E-state index in [1.54, 1.807) is 31.6 Å². The SMILES string of the molecule is CCC(C#N)(CC)C(=O)N(C)c1ccncc1. The van der Waals surface area contributed by atoms with Crippen molar-refractivity contribution < 1.29 is 4.79 Å². The molecule has 1 heterocycles. The van der Waals surface area contributed by atoms with Crippen molar-refractivity contribution in [1.29, 1.82) is 5.26 Å². The zero-order chi connectivity index (χ0) is 12.9. The normalized spacial score (nSPS) is 10.7. The van der Waals surface area contributed by atoms with E-state index in [2.05, 4.69) is 11.1 Å². The Kier molecular flexibility index (Phi) is 4.22. The molecule has 4 heteroatoms. The molecule has 0 aliphatic carbocycles. The number of aromatic nitrogens is 1. The summed E-state index contributed by atoms with van der Waals surface area (Å²) in [7, 11) is 1.69. The van der Waals surface area contributed by atoms with Crippen LogP contribution in [0.2, 0.25) is 0 Å². The zero-order valence-corrected chi connectivity index (χ0v) is 10.5. The number of hydrogen-bond donors (Lipinski definition) is 0. The fourth-order valence-corrected chi connectivity index (χ4v) is 1.76. The number of carbonyl (C=O) groups is 1. The van der Waals surface area contributed by atoms with E-state index in [9.17, 15) is 10.1 Å². The van der Waals surface area contributed by atoms with Crippen molar-refractivity contribution in [2.45, 2.75) is 26.7 Å². The van der Waals surface area contributed by atoms with Crippen LogP contribution in [0.15, 0.2) is 24.5 Å². The number of pyridine rings is 1. The molecule has 0 N–H and O–H groups in total. The highest BCUT2D eigenvalue weighted by molar-refractivity contribution is 5.98. The van der Waals surface area contributed by atoms with Crippen molar-refractivity contribution in [2.24, 2.45) is 5.41 Å². The molecular weight excluding hydrogens is 214 g/mol. The van der Waals surface area contributed by atoms with E-state index in [4.69, 9.17) is 0 Å². The van der Waals surface area contributed by atoms with Gasteiger partial charge in [-0.3, -0.25) is 9.78 Å². The minimum Gasteiger partial charge on any atom is -0.314 e. The van der Waals surface area contributed by atoms with E-state index in [0.29, 0.717) is 12.8 Å². The number of hydrogen-bond acceptors (Lipinski definition) is 3. The molecule has 0 aromatic carbocycles. The predicted octanol–water partition coefficient (Wildman–Crippen LogP) is 2.37. The van der Waals surface area contributed by atoms with Crippen molar-refractivity contribution in [1.82, 2.24) is 4.98 Å². The van der Waals surface area contributed by atoms with E-state index in [1.807, 2.05) is 13.8 Å². The van der Waals surface area contributed by atoms with Crippen LogP contribution in [0.4, 0.5) is 5.69 Å². The van der Waals surface area contributed by atoms with Gasteiger partial charge >= 0.3 is 0 Å². The quantitative estimate of drug-likeness (QED) is 0.799. The van der Waals surface area contributed by atoms with E-state index < -0.39 is 5.41 Å². The maximum absolute atomic E-state index is 12.3. The van der Waals surface area contributed by atoms with Gasteiger partial charge in [0, 0.05) is 25.1 Å². The van der Waals surface area contributed by atoms with Crippen LogP contribution < -0.4 is 4.90 Å². The van der Waals surface area contributed by atoms with Crippen LogP contribution in [0.3, 0.4) is 0 Å². The van der Waals surface area contributed by atoms with Crippen LogP contribution >= 0.6 is 0 Å². The van der Waals surface area contributed by atoms with Gasteiger partial charge in [-0.2, -0.15) is 5.26 Å². The highest BCUT2D eigenvalue weighted by Crippen LogP contribution is 2.29. The molecule has 0 unspecified atom stereocenters. The van der Waals surface area contributed by atoms with Gasteiger partial charge in [-0.1, -0.05) is 13.8 Å². The second-order valence-electron chi connectivity index (χ2n) is 3.97. The third-order valence-corrected chi connectivity index (χ3v) is 3.19. The van der Waals surface area contributed by atoms with E-state index in [0.717, 1.165) is 5.69 Å². The summed E-state index contributed by atoms with van der Waals surface area (Å²) in [5.74, 6) is -0.156. The lowest BCUT2D eigenvalue weighted by molar-refractivity contribution is -0.125. The van der Waals surface area contributed by atoms with Gasteiger partial charge in [0.15, 0.2) is 0 Å². The first kappa shape index (κ1) is 13.2. The highest BCUT2D eigenvalue weighted by atomic mass is 16.2. The first-order chi connectivity index (χ1) is 8.11. The maximum Gasteiger partial charge on any atom is 0.247 e. The monoisotopic (exact) mass is 231 g/mol. The summed E-state index contributed by atoms with van der Waals surface area (Å²) in [5, 5.41) is 9.23. The van der Waals surface area contributed by atoms with Crippen LogP contribution in [0.1, 0.15) is 26.7 Å². The van der Waals surface area contributed by atoms with Crippen LogP contribution in [-0.4, -0.2) is 17.9 Å². The van der Waals surface area contributed by atoms with Gasteiger partial charge in [-0.15, -0.1) is 0 Å². The fourth-order valence-electron chi connectivity index (χ4n) is 1.76. The Hall–Kier alpha value is -1.89. The second-order valence-corrected chi connectivity index (χ2v) is 3.97. The zero-order valence-electron chi connectivity index (χ0n) is 10.5. The van der Waals surface area contributed by atoms with Crippen LogP contribution in [0.25, 0.3) is 0 Å². The van der Waals surface area contributed by atoms with Crippen molar-refractivity contribution in [3.8, 4) is 6.07 Å². The maximum atomic E-state index is 12.3. The number of anilines is 1. The lowest BCUT2D eigenvalue weighted by atomic mass is 9.82. The standard InChI is InChI=1S/C13H17N3O/c1-4-13(5-2,10-14)12(17)16(3)11-6-8-15-9-7-11/h6-9H,4-5H2,1-3H3. The van der Waals surface area contributed by atoms with Gasteiger partial charge in [0.1, 0.15) is 5.41 Å². The Balaban J connectivity index is 3.02. The minimum atomic E-state index is -0.919. The van der Waals surface area contributed by atoms with E-state index in [-0.39, 0.29) is 5.91 Å². The molecule has 0 spiro atoms. The molecule has 0 bridgehead atoms. The summed E-state index contributed by atoms with van der Waals surface area (Å²) in [6.45, 7) is 3.73. The number of amides is 1. The largest absolute Gasteiger partial charge is 0.314 e. The average Bonchev–Trinajstić information content (AvgIpc) is 2.41. The van der Waals surface area contributed by atoms with Crippen molar-refractivity contribution in [2.75, 3.05) is 11.9 Å². The lowest BCUT2D eigenvalue weighted by Gasteiger charge is -2.28. The Morgan fingerprint density at radius 2 is 1.94 bits per heavy atom. The van der Waals surface area contributed by atoms with Gasteiger partial charge in [0.25, 0.3) is 0 Å². The molecule has 4 nitrogen and oxygen atoms in total. The third-order valence-electron chi connectivity index (χ3n) is 3.19. The average molecular weight is 231 g/mol. The Morgan fingerprint density at radius 1 is 1.41 bits per heavy atom. The van der Waals surface area contributed by atoms with Crippen LogP contribution in [0.5, 0.6) is 0 Å². The van der Waals surface area contributed by atoms with E-state index in [1.165, 1.54) is 4.90 Å². The molecule has 0 saturated carbocycles. The number of nitriles is 1. The topological polar surface area (TPSA) is 57.0 Å². The Morgan fingerprint density at radius 3 is 2.35 bits per heavy atom. The summed E-state index contributed by atoms with van der Waals surface area (Å²) < 4.78 is 0. The summed E-state index contributed by atoms with van der Waals surface area (Å²) in [6.07, 6.45) is 4.30. The Labute approximate surface area is 102 Å². The number of nitrogens with zero attached hydrogens (tertiary/aromatic N) is 3. The lowest BCUT2D eigenvalue weighted by Crippen LogP contribution is -2.40. The summed E-state index contributed by atoms with van der Waals surface area (Å²) in [6, 6.07) is 5.67. The van der Waals surface area contributed by atoms with Crippen LogP contribution in [-0.2, 0) is 4.79 Å². The molecule has 0 aliphatic heterocycles.